The van der Waals surface area contributed by atoms with E-state index in [1.54, 1.807) is 17.2 Å². The maximum absolute atomic E-state index is 12.4. The third kappa shape index (κ3) is 4.77. The molecule has 1 unspecified atom stereocenters. The van der Waals surface area contributed by atoms with Crippen molar-refractivity contribution in [1.82, 2.24) is 4.98 Å². The molecule has 0 spiro atoms. The summed E-state index contributed by atoms with van der Waals surface area (Å²) in [4.78, 5) is 18.3. The van der Waals surface area contributed by atoms with Crippen LogP contribution >= 0.6 is 12.6 Å². The van der Waals surface area contributed by atoms with E-state index in [1.165, 1.54) is 0 Å². The third-order valence-electron chi connectivity index (χ3n) is 3.06. The molecule has 0 fully saturated rings. The van der Waals surface area contributed by atoms with Crippen LogP contribution in [0.2, 0.25) is 0 Å². The first kappa shape index (κ1) is 16.4. The Bertz CT molecular complexity index is 600. The van der Waals surface area contributed by atoms with E-state index < -0.39 is 0 Å². The molecule has 0 radical (unpaired) electrons. The van der Waals surface area contributed by atoms with Crippen LogP contribution in [-0.4, -0.2) is 29.3 Å². The van der Waals surface area contributed by atoms with Crippen LogP contribution in [0.5, 0.6) is 5.75 Å². The van der Waals surface area contributed by atoms with E-state index in [2.05, 4.69) is 17.6 Å². The number of carbonyl (C=O) groups excluding carboxylic acids is 1. The molecule has 0 saturated heterocycles. The Morgan fingerprint density at radius 2 is 2.00 bits per heavy atom. The fraction of sp³-hybridized carbons (Fsp3) is 0.294. The Hall–Kier alpha value is -2.01. The van der Waals surface area contributed by atoms with Gasteiger partial charge in [0.1, 0.15) is 11.6 Å². The van der Waals surface area contributed by atoms with Gasteiger partial charge in [-0.1, -0.05) is 30.7 Å². The fourth-order valence-electron chi connectivity index (χ4n) is 1.96. The number of pyridine rings is 1. The van der Waals surface area contributed by atoms with Gasteiger partial charge in [-0.25, -0.2) is 4.98 Å². The molecule has 1 amide bonds. The van der Waals surface area contributed by atoms with Gasteiger partial charge in [0, 0.05) is 18.0 Å². The minimum absolute atomic E-state index is 0.0276. The number of hydrogen-bond donors (Lipinski definition) is 1. The molecule has 1 heterocycles. The van der Waals surface area contributed by atoms with Crippen LogP contribution in [0, 0.1) is 6.92 Å². The Balaban J connectivity index is 2.04. The molecular formula is C17H20N2O2S. The quantitative estimate of drug-likeness (QED) is 0.833. The zero-order valence-electron chi connectivity index (χ0n) is 12.8. The Labute approximate surface area is 136 Å². The minimum atomic E-state index is -0.139. The molecule has 4 nitrogen and oxygen atoms in total. The summed E-state index contributed by atoms with van der Waals surface area (Å²) >= 11 is 4.37. The normalized spacial score (nSPS) is 11.8. The molecule has 1 aromatic carbocycles. The predicted molar refractivity (Wildman–Crippen MR) is 91.7 cm³/mol. The molecule has 0 N–H and O–H groups in total. The highest BCUT2D eigenvalue weighted by Crippen LogP contribution is 2.14. The van der Waals surface area contributed by atoms with Crippen LogP contribution in [-0.2, 0) is 4.79 Å². The van der Waals surface area contributed by atoms with Crippen molar-refractivity contribution in [3.63, 3.8) is 0 Å². The van der Waals surface area contributed by atoms with Crippen LogP contribution in [0.15, 0.2) is 48.7 Å². The van der Waals surface area contributed by atoms with E-state index in [-0.39, 0.29) is 17.8 Å². The van der Waals surface area contributed by atoms with Gasteiger partial charge in [-0.05, 0) is 31.2 Å². The first-order valence-electron chi connectivity index (χ1n) is 7.15. The standard InChI is InChI=1S/C17H20N2O2S/c1-13-6-8-15(9-7-13)21-12-17(20)19(11-14(2)22)16-5-3-4-10-18-16/h3-10,14,22H,11-12H2,1-2H3. The first-order valence-corrected chi connectivity index (χ1v) is 7.67. The van der Waals surface area contributed by atoms with E-state index in [0.717, 1.165) is 5.56 Å². The summed E-state index contributed by atoms with van der Waals surface area (Å²) in [6.45, 7) is 4.40. The molecule has 0 aliphatic heterocycles. The summed E-state index contributed by atoms with van der Waals surface area (Å²) in [6.07, 6.45) is 1.67. The lowest BCUT2D eigenvalue weighted by molar-refractivity contribution is -0.120. The number of hydrogen-bond acceptors (Lipinski definition) is 4. The van der Waals surface area contributed by atoms with Gasteiger partial charge in [0.15, 0.2) is 6.61 Å². The van der Waals surface area contributed by atoms with Crippen molar-refractivity contribution >= 4 is 24.4 Å². The molecule has 0 bridgehead atoms. The highest BCUT2D eigenvalue weighted by molar-refractivity contribution is 7.81. The van der Waals surface area contributed by atoms with E-state index in [4.69, 9.17) is 4.74 Å². The molecule has 5 heteroatoms. The van der Waals surface area contributed by atoms with Crippen molar-refractivity contribution < 1.29 is 9.53 Å². The Morgan fingerprint density at radius 3 is 2.59 bits per heavy atom. The second-order valence-electron chi connectivity index (χ2n) is 5.14. The summed E-state index contributed by atoms with van der Waals surface area (Å²) in [5.74, 6) is 1.15. The van der Waals surface area contributed by atoms with Gasteiger partial charge >= 0.3 is 0 Å². The van der Waals surface area contributed by atoms with E-state index in [9.17, 15) is 4.79 Å². The van der Waals surface area contributed by atoms with E-state index >= 15 is 0 Å². The summed E-state index contributed by atoms with van der Waals surface area (Å²) < 4.78 is 5.56. The number of ether oxygens (including phenoxy) is 1. The molecule has 22 heavy (non-hydrogen) atoms. The van der Waals surface area contributed by atoms with Crippen molar-refractivity contribution in [1.29, 1.82) is 0 Å². The average molecular weight is 316 g/mol. The highest BCUT2D eigenvalue weighted by atomic mass is 32.1. The minimum Gasteiger partial charge on any atom is -0.484 e. The highest BCUT2D eigenvalue weighted by Gasteiger charge is 2.18. The summed E-state index contributed by atoms with van der Waals surface area (Å²) in [6, 6.07) is 13.1. The topological polar surface area (TPSA) is 42.4 Å². The number of aromatic nitrogens is 1. The molecule has 1 atom stereocenters. The van der Waals surface area contributed by atoms with Gasteiger partial charge in [-0.15, -0.1) is 0 Å². The number of amides is 1. The second-order valence-corrected chi connectivity index (χ2v) is 6.02. The Kier molecular flexibility index (Phi) is 5.83. The molecule has 0 aliphatic carbocycles. The molecule has 1 aromatic heterocycles. The van der Waals surface area contributed by atoms with Gasteiger partial charge in [0.25, 0.3) is 5.91 Å². The van der Waals surface area contributed by atoms with Gasteiger partial charge in [0.2, 0.25) is 0 Å². The maximum Gasteiger partial charge on any atom is 0.266 e. The predicted octanol–water partition coefficient (Wildman–Crippen LogP) is 3.12. The lowest BCUT2D eigenvalue weighted by Crippen LogP contribution is -2.39. The molecule has 2 rings (SSSR count). The number of nitrogens with zero attached hydrogens (tertiary/aromatic N) is 2. The van der Waals surface area contributed by atoms with Crippen LogP contribution in [0.1, 0.15) is 12.5 Å². The zero-order valence-corrected chi connectivity index (χ0v) is 13.7. The van der Waals surface area contributed by atoms with E-state index in [1.807, 2.05) is 50.2 Å². The van der Waals surface area contributed by atoms with Crippen LogP contribution in [0.3, 0.4) is 0 Å². The number of anilines is 1. The van der Waals surface area contributed by atoms with Crippen molar-refractivity contribution in [3.8, 4) is 5.75 Å². The van der Waals surface area contributed by atoms with Crippen LogP contribution in [0.4, 0.5) is 5.82 Å². The zero-order chi connectivity index (χ0) is 15.9. The summed E-state index contributed by atoms with van der Waals surface area (Å²) in [5.41, 5.74) is 1.15. The van der Waals surface area contributed by atoms with Gasteiger partial charge in [-0.3, -0.25) is 9.69 Å². The fourth-order valence-corrected chi connectivity index (χ4v) is 2.12. The lowest BCUT2D eigenvalue weighted by Gasteiger charge is -2.23. The van der Waals surface area contributed by atoms with Gasteiger partial charge in [0.05, 0.1) is 0 Å². The van der Waals surface area contributed by atoms with Crippen LogP contribution < -0.4 is 9.64 Å². The van der Waals surface area contributed by atoms with Gasteiger partial charge in [-0.2, -0.15) is 12.6 Å². The lowest BCUT2D eigenvalue weighted by atomic mass is 10.2. The first-order chi connectivity index (χ1) is 10.6. The number of carbonyl (C=O) groups is 1. The van der Waals surface area contributed by atoms with E-state index in [0.29, 0.717) is 18.1 Å². The SMILES string of the molecule is Cc1ccc(OCC(=O)N(CC(C)S)c2ccccn2)cc1. The smallest absolute Gasteiger partial charge is 0.266 e. The number of thiol groups is 1. The van der Waals surface area contributed by atoms with Crippen molar-refractivity contribution in [3.05, 3.63) is 54.2 Å². The molecule has 116 valence electrons. The van der Waals surface area contributed by atoms with Crippen molar-refractivity contribution in [2.45, 2.75) is 19.1 Å². The largest absolute Gasteiger partial charge is 0.484 e. The number of benzene rings is 1. The summed E-state index contributed by atoms with van der Waals surface area (Å²) in [7, 11) is 0. The maximum atomic E-state index is 12.4. The van der Waals surface area contributed by atoms with Crippen LogP contribution in [0.25, 0.3) is 0 Å². The van der Waals surface area contributed by atoms with Crippen molar-refractivity contribution in [2.24, 2.45) is 0 Å². The second kappa shape index (κ2) is 7.84. The molecule has 0 aliphatic rings. The molecule has 2 aromatic rings. The summed E-state index contributed by atoms with van der Waals surface area (Å²) in [5, 5.41) is 0.0466. The number of aryl methyl sites for hydroxylation is 1. The van der Waals surface area contributed by atoms with Gasteiger partial charge < -0.3 is 4.74 Å². The molecular weight excluding hydrogens is 296 g/mol. The molecule has 0 saturated carbocycles. The monoisotopic (exact) mass is 316 g/mol. The third-order valence-corrected chi connectivity index (χ3v) is 3.22. The van der Waals surface area contributed by atoms with Crippen molar-refractivity contribution in [2.75, 3.05) is 18.1 Å². The average Bonchev–Trinajstić information content (AvgIpc) is 2.52. The number of rotatable bonds is 6. The Morgan fingerprint density at radius 1 is 1.27 bits per heavy atom.